The number of aryl methyl sites for hydroxylation is 2. The highest BCUT2D eigenvalue weighted by Gasteiger charge is 2.21. The molecule has 0 spiro atoms. The molecule has 3 aromatic heterocycles. The lowest BCUT2D eigenvalue weighted by Crippen LogP contribution is -2.40. The molecule has 28 heavy (non-hydrogen) atoms. The van der Waals surface area contributed by atoms with Gasteiger partial charge < -0.3 is 4.74 Å². The average Bonchev–Trinajstić information content (AvgIpc) is 3.18. The highest BCUT2D eigenvalue weighted by molar-refractivity contribution is 5.76. The van der Waals surface area contributed by atoms with Crippen LogP contribution in [0.3, 0.4) is 0 Å². The fourth-order valence-electron chi connectivity index (χ4n) is 3.44. The standard InChI is InChI=1S/C19H20FN5O3/c1-4-28-10-9-23-17(26)15-16(22(3)19(23)27)21-18-24(15)11-12(2)25(18)14-8-6-5-7-13(14)20/h5-8,11H,4,9-10H2,1-3H3. The van der Waals surface area contributed by atoms with Crippen LogP contribution in [0.1, 0.15) is 12.6 Å². The molecule has 0 atom stereocenters. The number of ether oxygens (including phenoxy) is 1. The summed E-state index contributed by atoms with van der Waals surface area (Å²) in [5.74, 6) is -0.0361. The number of hydrogen-bond donors (Lipinski definition) is 0. The predicted molar refractivity (Wildman–Crippen MR) is 103 cm³/mol. The van der Waals surface area contributed by atoms with Crippen molar-refractivity contribution in [3.63, 3.8) is 0 Å². The zero-order valence-corrected chi connectivity index (χ0v) is 15.8. The first-order chi connectivity index (χ1) is 13.5. The molecule has 0 amide bonds. The Labute approximate surface area is 159 Å². The molecule has 3 heterocycles. The summed E-state index contributed by atoms with van der Waals surface area (Å²) in [5.41, 5.74) is 0.647. The summed E-state index contributed by atoms with van der Waals surface area (Å²) in [7, 11) is 1.56. The number of rotatable bonds is 5. The second kappa shape index (κ2) is 6.75. The van der Waals surface area contributed by atoms with E-state index in [0.29, 0.717) is 23.8 Å². The largest absolute Gasteiger partial charge is 0.380 e. The minimum absolute atomic E-state index is 0.148. The number of hydrogen-bond acceptors (Lipinski definition) is 4. The van der Waals surface area contributed by atoms with Gasteiger partial charge in [0.1, 0.15) is 5.82 Å². The van der Waals surface area contributed by atoms with Crippen LogP contribution in [0.25, 0.3) is 22.6 Å². The topological polar surface area (TPSA) is 75.5 Å². The molecule has 4 aromatic rings. The van der Waals surface area contributed by atoms with Crippen molar-refractivity contribution >= 4 is 16.9 Å². The molecular weight excluding hydrogens is 365 g/mol. The van der Waals surface area contributed by atoms with E-state index in [1.54, 1.807) is 40.4 Å². The van der Waals surface area contributed by atoms with E-state index in [0.717, 1.165) is 4.57 Å². The van der Waals surface area contributed by atoms with Crippen molar-refractivity contribution in [2.24, 2.45) is 7.05 Å². The van der Waals surface area contributed by atoms with E-state index in [9.17, 15) is 14.0 Å². The van der Waals surface area contributed by atoms with Gasteiger partial charge in [-0.05, 0) is 26.0 Å². The molecule has 8 nitrogen and oxygen atoms in total. The Morgan fingerprint density at radius 3 is 2.68 bits per heavy atom. The number of halogens is 1. The zero-order valence-electron chi connectivity index (χ0n) is 15.8. The van der Waals surface area contributed by atoms with Crippen molar-refractivity contribution in [1.29, 1.82) is 0 Å². The number of fused-ring (bicyclic) bond motifs is 3. The van der Waals surface area contributed by atoms with Crippen molar-refractivity contribution in [1.82, 2.24) is 23.1 Å². The summed E-state index contributed by atoms with van der Waals surface area (Å²) in [6.45, 7) is 4.56. The van der Waals surface area contributed by atoms with Crippen molar-refractivity contribution in [3.05, 3.63) is 62.8 Å². The Kier molecular flexibility index (Phi) is 4.38. The van der Waals surface area contributed by atoms with Crippen LogP contribution in [0, 0.1) is 12.7 Å². The van der Waals surface area contributed by atoms with Gasteiger partial charge in [0.25, 0.3) is 5.56 Å². The molecule has 0 unspecified atom stereocenters. The fourth-order valence-corrected chi connectivity index (χ4v) is 3.44. The number of para-hydroxylation sites is 1. The molecule has 146 valence electrons. The van der Waals surface area contributed by atoms with Gasteiger partial charge >= 0.3 is 5.69 Å². The summed E-state index contributed by atoms with van der Waals surface area (Å²) < 4.78 is 25.4. The second-order valence-electron chi connectivity index (χ2n) is 6.51. The van der Waals surface area contributed by atoms with E-state index in [2.05, 4.69) is 4.98 Å². The van der Waals surface area contributed by atoms with Gasteiger partial charge in [0, 0.05) is 25.5 Å². The minimum atomic E-state index is -0.466. The Balaban J connectivity index is 2.04. The summed E-state index contributed by atoms with van der Waals surface area (Å²) in [6.07, 6.45) is 1.72. The van der Waals surface area contributed by atoms with E-state index in [-0.39, 0.29) is 24.3 Å². The molecule has 0 bridgehead atoms. The number of aromatic nitrogens is 5. The lowest BCUT2D eigenvalue weighted by molar-refractivity contribution is 0.137. The molecule has 1 aromatic carbocycles. The molecule has 0 aliphatic carbocycles. The first kappa shape index (κ1) is 18.2. The van der Waals surface area contributed by atoms with Gasteiger partial charge in [-0.25, -0.2) is 9.18 Å². The van der Waals surface area contributed by atoms with Gasteiger partial charge in [-0.3, -0.25) is 22.9 Å². The molecule has 0 fully saturated rings. The van der Waals surface area contributed by atoms with Crippen LogP contribution >= 0.6 is 0 Å². The summed E-state index contributed by atoms with van der Waals surface area (Å²) in [4.78, 5) is 30.2. The molecule has 0 radical (unpaired) electrons. The number of imidazole rings is 2. The molecule has 0 saturated carbocycles. The SMILES string of the molecule is CCOCCn1c(=O)c2c(nc3n(-c4ccccc4F)c(C)cn23)n(C)c1=O. The van der Waals surface area contributed by atoms with E-state index in [1.807, 2.05) is 13.8 Å². The van der Waals surface area contributed by atoms with Gasteiger partial charge in [-0.2, -0.15) is 4.98 Å². The first-order valence-corrected chi connectivity index (χ1v) is 8.98. The Bertz CT molecular complexity index is 1310. The van der Waals surface area contributed by atoms with E-state index in [4.69, 9.17) is 4.74 Å². The normalized spacial score (nSPS) is 11.7. The Morgan fingerprint density at radius 1 is 1.21 bits per heavy atom. The van der Waals surface area contributed by atoms with Gasteiger partial charge in [-0.1, -0.05) is 12.1 Å². The van der Waals surface area contributed by atoms with Gasteiger partial charge in [0.05, 0.1) is 18.8 Å². The van der Waals surface area contributed by atoms with E-state index >= 15 is 0 Å². The van der Waals surface area contributed by atoms with E-state index < -0.39 is 17.1 Å². The van der Waals surface area contributed by atoms with Gasteiger partial charge in [0.2, 0.25) is 5.78 Å². The lowest BCUT2D eigenvalue weighted by atomic mass is 10.3. The Morgan fingerprint density at radius 2 is 1.96 bits per heavy atom. The van der Waals surface area contributed by atoms with Crippen molar-refractivity contribution in [3.8, 4) is 5.69 Å². The monoisotopic (exact) mass is 385 g/mol. The maximum Gasteiger partial charge on any atom is 0.332 e. The third-order valence-electron chi connectivity index (χ3n) is 4.78. The summed E-state index contributed by atoms with van der Waals surface area (Å²) >= 11 is 0. The van der Waals surface area contributed by atoms with Crippen LogP contribution in [-0.2, 0) is 18.3 Å². The van der Waals surface area contributed by atoms with Crippen LogP contribution in [0.5, 0.6) is 0 Å². The fraction of sp³-hybridized carbons (Fsp3) is 0.316. The molecule has 4 rings (SSSR count). The quantitative estimate of drug-likeness (QED) is 0.489. The average molecular weight is 385 g/mol. The number of benzene rings is 1. The Hall–Kier alpha value is -3.20. The smallest absolute Gasteiger partial charge is 0.332 e. The second-order valence-corrected chi connectivity index (χ2v) is 6.51. The van der Waals surface area contributed by atoms with Crippen molar-refractivity contribution < 1.29 is 9.13 Å². The maximum absolute atomic E-state index is 14.4. The predicted octanol–water partition coefficient (Wildman–Crippen LogP) is 1.62. The first-order valence-electron chi connectivity index (χ1n) is 8.98. The highest BCUT2D eigenvalue weighted by Crippen LogP contribution is 2.22. The van der Waals surface area contributed by atoms with Crippen molar-refractivity contribution in [2.75, 3.05) is 13.2 Å². The summed E-state index contributed by atoms with van der Waals surface area (Å²) in [6, 6.07) is 6.34. The van der Waals surface area contributed by atoms with Gasteiger partial charge in [0.15, 0.2) is 11.2 Å². The van der Waals surface area contributed by atoms with Crippen LogP contribution in [-0.4, -0.2) is 36.3 Å². The summed E-state index contributed by atoms with van der Waals surface area (Å²) in [5, 5.41) is 0. The van der Waals surface area contributed by atoms with Crippen LogP contribution in [0.15, 0.2) is 40.1 Å². The maximum atomic E-state index is 14.4. The third-order valence-corrected chi connectivity index (χ3v) is 4.78. The molecule has 0 aliphatic heterocycles. The van der Waals surface area contributed by atoms with Crippen LogP contribution in [0.2, 0.25) is 0 Å². The lowest BCUT2D eigenvalue weighted by Gasteiger charge is -2.08. The van der Waals surface area contributed by atoms with E-state index in [1.165, 1.54) is 10.6 Å². The molecule has 9 heteroatoms. The van der Waals surface area contributed by atoms with Crippen LogP contribution < -0.4 is 11.2 Å². The van der Waals surface area contributed by atoms with Crippen molar-refractivity contribution in [2.45, 2.75) is 20.4 Å². The van der Waals surface area contributed by atoms with Crippen LogP contribution in [0.4, 0.5) is 4.39 Å². The molecule has 0 aliphatic rings. The van der Waals surface area contributed by atoms with Gasteiger partial charge in [-0.15, -0.1) is 0 Å². The zero-order chi connectivity index (χ0) is 20.0. The number of nitrogens with zero attached hydrogens (tertiary/aromatic N) is 5. The molecule has 0 saturated heterocycles. The highest BCUT2D eigenvalue weighted by atomic mass is 19.1. The molecular formula is C19H20FN5O3. The molecule has 0 N–H and O–H groups in total. The third kappa shape index (κ3) is 2.58. The minimum Gasteiger partial charge on any atom is -0.380 e.